The van der Waals surface area contributed by atoms with Gasteiger partial charge in [0.25, 0.3) is 0 Å². The summed E-state index contributed by atoms with van der Waals surface area (Å²) in [5.74, 6) is -3.50. The molecule has 102 valence electrons. The van der Waals surface area contributed by atoms with Crippen molar-refractivity contribution in [1.29, 1.82) is 0 Å². The molecule has 6 heteroatoms. The van der Waals surface area contributed by atoms with E-state index in [1.165, 1.54) is 18.5 Å². The topological polar surface area (TPSA) is 100 Å². The van der Waals surface area contributed by atoms with Crippen molar-refractivity contribution < 1.29 is 19.8 Å². The molecule has 20 heavy (non-hydrogen) atoms. The van der Waals surface area contributed by atoms with E-state index in [1.54, 1.807) is 25.1 Å². The summed E-state index contributed by atoms with van der Waals surface area (Å²) >= 11 is 0. The highest BCUT2D eigenvalue weighted by Gasteiger charge is 2.28. The minimum Gasteiger partial charge on any atom is -0.480 e. The van der Waals surface area contributed by atoms with E-state index < -0.39 is 17.9 Å². The molecule has 0 bridgehead atoms. The van der Waals surface area contributed by atoms with Crippen molar-refractivity contribution in [1.82, 2.24) is 9.97 Å². The van der Waals surface area contributed by atoms with Gasteiger partial charge in [-0.05, 0) is 30.7 Å². The lowest BCUT2D eigenvalue weighted by Crippen LogP contribution is -2.18. The number of carbonyl (C=O) groups is 2. The van der Waals surface area contributed by atoms with Crippen molar-refractivity contribution in [3.05, 3.63) is 59.2 Å². The molecule has 0 spiro atoms. The van der Waals surface area contributed by atoms with Gasteiger partial charge in [-0.25, -0.2) is 4.79 Å². The first-order chi connectivity index (χ1) is 9.50. The predicted molar refractivity (Wildman–Crippen MR) is 69.6 cm³/mol. The first-order valence-electron chi connectivity index (χ1n) is 5.84. The Morgan fingerprint density at radius 2 is 1.95 bits per heavy atom. The summed E-state index contributed by atoms with van der Waals surface area (Å²) in [6.07, 6.45) is 2.64. The molecule has 0 radical (unpaired) electrons. The molecule has 0 aromatic carbocycles. The lowest BCUT2D eigenvalue weighted by molar-refractivity contribution is -0.137. The van der Waals surface area contributed by atoms with E-state index in [0.717, 1.165) is 0 Å². The van der Waals surface area contributed by atoms with Gasteiger partial charge in [0.15, 0.2) is 0 Å². The molecule has 0 saturated carbocycles. The number of aliphatic carboxylic acids is 1. The Bertz CT molecular complexity index is 655. The second-order valence-electron chi connectivity index (χ2n) is 4.24. The van der Waals surface area contributed by atoms with Crippen LogP contribution in [0, 0.1) is 6.92 Å². The number of nitrogens with zero attached hydrogens (tertiary/aromatic N) is 2. The number of hydrogen-bond acceptors (Lipinski definition) is 4. The van der Waals surface area contributed by atoms with Gasteiger partial charge in [0.1, 0.15) is 5.92 Å². The molecule has 0 amide bonds. The van der Waals surface area contributed by atoms with Gasteiger partial charge < -0.3 is 10.2 Å². The number of rotatable bonds is 4. The molecule has 2 aromatic heterocycles. The predicted octanol–water partition coefficient (Wildman–Crippen LogP) is 1.70. The van der Waals surface area contributed by atoms with Gasteiger partial charge >= 0.3 is 11.9 Å². The van der Waals surface area contributed by atoms with E-state index in [4.69, 9.17) is 0 Å². The normalized spacial score (nSPS) is 11.8. The zero-order valence-electron chi connectivity index (χ0n) is 10.6. The van der Waals surface area contributed by atoms with Crippen molar-refractivity contribution in [2.75, 3.05) is 0 Å². The molecule has 2 rings (SSSR count). The first-order valence-corrected chi connectivity index (χ1v) is 5.84. The second-order valence-corrected chi connectivity index (χ2v) is 4.24. The van der Waals surface area contributed by atoms with Gasteiger partial charge in [0.05, 0.1) is 11.3 Å². The number of pyridine rings is 2. The lowest BCUT2D eigenvalue weighted by atomic mass is 9.91. The maximum Gasteiger partial charge on any atom is 0.337 e. The highest BCUT2D eigenvalue weighted by Crippen LogP contribution is 2.26. The van der Waals surface area contributed by atoms with Crippen molar-refractivity contribution >= 4 is 11.9 Å². The summed E-state index contributed by atoms with van der Waals surface area (Å²) in [6.45, 7) is 1.67. The SMILES string of the molecule is Cc1cc(C(C(=O)O)c2ccccn2)c(C(=O)O)cn1. The van der Waals surface area contributed by atoms with E-state index in [0.29, 0.717) is 5.69 Å². The minimum atomic E-state index is -1.21. The zero-order valence-corrected chi connectivity index (χ0v) is 10.6. The smallest absolute Gasteiger partial charge is 0.337 e. The molecule has 0 aliphatic rings. The Morgan fingerprint density at radius 3 is 2.50 bits per heavy atom. The van der Waals surface area contributed by atoms with E-state index in [1.807, 2.05) is 0 Å². The van der Waals surface area contributed by atoms with Crippen LogP contribution in [0.5, 0.6) is 0 Å². The average molecular weight is 272 g/mol. The summed E-state index contributed by atoms with van der Waals surface area (Å²) in [5, 5.41) is 18.6. The fraction of sp³-hybridized carbons (Fsp3) is 0.143. The molecule has 0 aliphatic carbocycles. The fourth-order valence-electron chi connectivity index (χ4n) is 1.96. The molecular weight excluding hydrogens is 260 g/mol. The van der Waals surface area contributed by atoms with Crippen LogP contribution in [0.15, 0.2) is 36.7 Å². The van der Waals surface area contributed by atoms with Crippen LogP contribution in [-0.4, -0.2) is 32.1 Å². The van der Waals surface area contributed by atoms with Crippen LogP contribution in [0.3, 0.4) is 0 Å². The maximum absolute atomic E-state index is 11.5. The summed E-state index contributed by atoms with van der Waals surface area (Å²) in [7, 11) is 0. The van der Waals surface area contributed by atoms with Gasteiger partial charge in [-0.2, -0.15) is 0 Å². The van der Waals surface area contributed by atoms with Crippen molar-refractivity contribution in [3.63, 3.8) is 0 Å². The minimum absolute atomic E-state index is 0.131. The van der Waals surface area contributed by atoms with Gasteiger partial charge in [0.2, 0.25) is 0 Å². The number of aromatic carboxylic acids is 1. The summed E-state index contributed by atoms with van der Waals surface area (Å²) < 4.78 is 0. The third-order valence-corrected chi connectivity index (χ3v) is 2.84. The quantitative estimate of drug-likeness (QED) is 0.878. The summed E-state index contributed by atoms with van der Waals surface area (Å²) in [5.41, 5.74) is 0.880. The maximum atomic E-state index is 11.5. The van der Waals surface area contributed by atoms with E-state index in [2.05, 4.69) is 9.97 Å². The Hall–Kier alpha value is -2.76. The molecule has 2 N–H and O–H groups in total. The Labute approximate surface area is 114 Å². The number of hydrogen-bond donors (Lipinski definition) is 2. The van der Waals surface area contributed by atoms with Crippen LogP contribution in [-0.2, 0) is 4.79 Å². The largest absolute Gasteiger partial charge is 0.480 e. The van der Waals surface area contributed by atoms with E-state index in [-0.39, 0.29) is 16.8 Å². The van der Waals surface area contributed by atoms with Crippen molar-refractivity contribution in [2.45, 2.75) is 12.8 Å². The number of carboxylic acid groups (broad SMARTS) is 2. The second kappa shape index (κ2) is 5.48. The highest BCUT2D eigenvalue weighted by atomic mass is 16.4. The number of carboxylic acids is 2. The molecule has 6 nitrogen and oxygen atoms in total. The van der Waals surface area contributed by atoms with Gasteiger partial charge in [-0.15, -0.1) is 0 Å². The Morgan fingerprint density at radius 1 is 1.20 bits per heavy atom. The van der Waals surface area contributed by atoms with Gasteiger partial charge in [-0.1, -0.05) is 6.07 Å². The third kappa shape index (κ3) is 2.64. The molecule has 2 aromatic rings. The Kier molecular flexibility index (Phi) is 3.74. The van der Waals surface area contributed by atoms with E-state index >= 15 is 0 Å². The number of aryl methyl sites for hydroxylation is 1. The van der Waals surface area contributed by atoms with Crippen LogP contribution in [0.25, 0.3) is 0 Å². The average Bonchev–Trinajstić information content (AvgIpc) is 2.39. The monoisotopic (exact) mass is 272 g/mol. The van der Waals surface area contributed by atoms with Crippen LogP contribution >= 0.6 is 0 Å². The van der Waals surface area contributed by atoms with Gasteiger partial charge in [0, 0.05) is 18.1 Å². The molecule has 0 fully saturated rings. The number of aromatic nitrogens is 2. The molecule has 1 unspecified atom stereocenters. The fourth-order valence-corrected chi connectivity index (χ4v) is 1.96. The molecular formula is C14H12N2O4. The highest BCUT2D eigenvalue weighted by molar-refractivity contribution is 5.92. The van der Waals surface area contributed by atoms with Crippen LogP contribution in [0.4, 0.5) is 0 Å². The van der Waals surface area contributed by atoms with E-state index in [9.17, 15) is 19.8 Å². The standard InChI is InChI=1S/C14H12N2O4/c1-8-6-9(10(7-16-8)13(17)18)12(14(19)20)11-4-2-3-5-15-11/h2-7,12H,1H3,(H,17,18)(H,19,20). The molecule has 1 atom stereocenters. The van der Waals surface area contributed by atoms with Crippen LogP contribution < -0.4 is 0 Å². The van der Waals surface area contributed by atoms with Crippen molar-refractivity contribution in [3.8, 4) is 0 Å². The van der Waals surface area contributed by atoms with Crippen molar-refractivity contribution in [2.24, 2.45) is 0 Å². The third-order valence-electron chi connectivity index (χ3n) is 2.84. The van der Waals surface area contributed by atoms with Gasteiger partial charge in [-0.3, -0.25) is 14.8 Å². The Balaban J connectivity index is 2.64. The summed E-state index contributed by atoms with van der Waals surface area (Å²) in [4.78, 5) is 30.7. The lowest BCUT2D eigenvalue weighted by Gasteiger charge is -2.15. The summed E-state index contributed by atoms with van der Waals surface area (Å²) in [6, 6.07) is 6.35. The van der Waals surface area contributed by atoms with Crippen LogP contribution in [0.2, 0.25) is 0 Å². The molecule has 0 aliphatic heterocycles. The molecule has 0 saturated heterocycles. The van der Waals surface area contributed by atoms with Crippen LogP contribution in [0.1, 0.15) is 33.2 Å². The first kappa shape index (κ1) is 13.7. The zero-order chi connectivity index (χ0) is 14.7. The molecule has 2 heterocycles.